The van der Waals surface area contributed by atoms with Crippen LogP contribution in [0.3, 0.4) is 0 Å². The maximum atomic E-state index is 6.21. The lowest BCUT2D eigenvalue weighted by Crippen LogP contribution is -2.15. The van der Waals surface area contributed by atoms with Gasteiger partial charge in [-0.2, -0.15) is 0 Å². The minimum Gasteiger partial charge on any atom is -0.485 e. The van der Waals surface area contributed by atoms with E-state index in [4.69, 9.17) is 4.74 Å². The number of rotatable bonds is 1. The predicted molar refractivity (Wildman–Crippen MR) is 78.8 cm³/mol. The molecule has 0 amide bonds. The second-order valence-electron chi connectivity index (χ2n) is 5.60. The first-order valence-electron chi connectivity index (χ1n) is 6.97. The number of hydrogen-bond acceptors (Lipinski definition) is 1. The number of hydrogen-bond donors (Lipinski definition) is 0. The van der Waals surface area contributed by atoms with Gasteiger partial charge < -0.3 is 4.74 Å². The van der Waals surface area contributed by atoms with Crippen LogP contribution in [0, 0.1) is 20.8 Å². The Balaban J connectivity index is 1.92. The van der Waals surface area contributed by atoms with Crippen LogP contribution in [0.4, 0.5) is 0 Å². The summed E-state index contributed by atoms with van der Waals surface area (Å²) < 4.78 is 6.21. The van der Waals surface area contributed by atoms with Crippen molar-refractivity contribution in [3.8, 4) is 5.75 Å². The monoisotopic (exact) mass is 252 g/mol. The molecule has 2 aromatic rings. The predicted octanol–water partition coefficient (Wildman–Crippen LogP) is 4.68. The molecule has 1 aliphatic heterocycles. The van der Waals surface area contributed by atoms with E-state index < -0.39 is 0 Å². The summed E-state index contributed by atoms with van der Waals surface area (Å²) in [6, 6.07) is 13.1. The van der Waals surface area contributed by atoms with E-state index >= 15 is 0 Å². The molecule has 0 fully saturated rings. The second kappa shape index (κ2) is 4.73. The zero-order chi connectivity index (χ0) is 13.4. The first-order chi connectivity index (χ1) is 9.13. The van der Waals surface area contributed by atoms with Crippen LogP contribution in [0.2, 0.25) is 0 Å². The fraction of sp³-hybridized carbons (Fsp3) is 0.333. The van der Waals surface area contributed by atoms with E-state index in [0.29, 0.717) is 0 Å². The highest BCUT2D eigenvalue weighted by Gasteiger charge is 2.21. The standard InChI is InChI=1S/C18H20O/c1-12-5-4-6-15(9-12)17-8-7-16-10-13(2)14(3)11-18(16)19-17/h4-6,9-11,17H,7-8H2,1-3H3. The van der Waals surface area contributed by atoms with Crippen LogP contribution in [0.25, 0.3) is 0 Å². The molecule has 0 aromatic heterocycles. The van der Waals surface area contributed by atoms with Gasteiger partial charge in [0.05, 0.1) is 0 Å². The van der Waals surface area contributed by atoms with E-state index in [1.807, 2.05) is 0 Å². The van der Waals surface area contributed by atoms with Crippen LogP contribution >= 0.6 is 0 Å². The highest BCUT2D eigenvalue weighted by molar-refractivity contribution is 5.43. The Morgan fingerprint density at radius 1 is 1.00 bits per heavy atom. The van der Waals surface area contributed by atoms with Crippen molar-refractivity contribution >= 4 is 0 Å². The average Bonchev–Trinajstić information content (AvgIpc) is 2.39. The molecule has 1 aliphatic rings. The molecule has 1 unspecified atom stereocenters. The molecular weight excluding hydrogens is 232 g/mol. The van der Waals surface area contributed by atoms with Gasteiger partial charge in [-0.1, -0.05) is 35.9 Å². The van der Waals surface area contributed by atoms with Gasteiger partial charge in [0, 0.05) is 0 Å². The SMILES string of the molecule is Cc1cccc(C2CCc3cc(C)c(C)cc3O2)c1. The molecule has 2 aromatic carbocycles. The van der Waals surface area contributed by atoms with Crippen molar-refractivity contribution in [1.29, 1.82) is 0 Å². The molecule has 1 heteroatoms. The maximum Gasteiger partial charge on any atom is 0.124 e. The van der Waals surface area contributed by atoms with E-state index in [-0.39, 0.29) is 6.10 Å². The van der Waals surface area contributed by atoms with Crippen LogP contribution in [0.15, 0.2) is 36.4 Å². The van der Waals surface area contributed by atoms with Crippen molar-refractivity contribution in [2.75, 3.05) is 0 Å². The topological polar surface area (TPSA) is 9.23 Å². The Hall–Kier alpha value is -1.76. The number of ether oxygens (including phenoxy) is 1. The highest BCUT2D eigenvalue weighted by atomic mass is 16.5. The van der Waals surface area contributed by atoms with Crippen LogP contribution < -0.4 is 4.74 Å². The summed E-state index contributed by atoms with van der Waals surface area (Å²) >= 11 is 0. The molecule has 0 spiro atoms. The molecule has 19 heavy (non-hydrogen) atoms. The smallest absolute Gasteiger partial charge is 0.124 e. The summed E-state index contributed by atoms with van der Waals surface area (Å²) in [6.45, 7) is 6.45. The zero-order valence-corrected chi connectivity index (χ0v) is 11.9. The first kappa shape index (κ1) is 12.3. The normalized spacial score (nSPS) is 17.7. The van der Waals surface area contributed by atoms with Crippen LogP contribution in [0.1, 0.15) is 40.3 Å². The zero-order valence-electron chi connectivity index (χ0n) is 11.9. The van der Waals surface area contributed by atoms with E-state index in [9.17, 15) is 0 Å². The Kier molecular flexibility index (Phi) is 3.06. The van der Waals surface area contributed by atoms with E-state index in [1.54, 1.807) is 0 Å². The first-order valence-corrected chi connectivity index (χ1v) is 6.97. The minimum atomic E-state index is 0.203. The van der Waals surface area contributed by atoms with Gasteiger partial charge in [-0.05, 0) is 61.9 Å². The van der Waals surface area contributed by atoms with E-state index in [1.165, 1.54) is 27.8 Å². The van der Waals surface area contributed by atoms with Crippen molar-refractivity contribution < 1.29 is 4.74 Å². The third-order valence-electron chi connectivity index (χ3n) is 4.04. The molecule has 98 valence electrons. The summed E-state index contributed by atoms with van der Waals surface area (Å²) in [5.41, 5.74) is 6.61. The molecule has 0 N–H and O–H groups in total. The summed E-state index contributed by atoms with van der Waals surface area (Å²) in [6.07, 6.45) is 2.38. The highest BCUT2D eigenvalue weighted by Crippen LogP contribution is 2.36. The fourth-order valence-corrected chi connectivity index (χ4v) is 2.76. The van der Waals surface area contributed by atoms with Gasteiger partial charge in [-0.3, -0.25) is 0 Å². The Bertz CT molecular complexity index is 613. The van der Waals surface area contributed by atoms with Crippen molar-refractivity contribution in [3.05, 3.63) is 64.2 Å². The summed E-state index contributed by atoms with van der Waals surface area (Å²) in [5.74, 6) is 1.07. The largest absolute Gasteiger partial charge is 0.485 e. The average molecular weight is 252 g/mol. The second-order valence-corrected chi connectivity index (χ2v) is 5.60. The van der Waals surface area contributed by atoms with Gasteiger partial charge >= 0.3 is 0 Å². The minimum absolute atomic E-state index is 0.203. The lowest BCUT2D eigenvalue weighted by molar-refractivity contribution is 0.176. The van der Waals surface area contributed by atoms with Crippen LogP contribution in [-0.2, 0) is 6.42 Å². The number of aryl methyl sites for hydroxylation is 4. The molecule has 3 rings (SSSR count). The van der Waals surface area contributed by atoms with Crippen molar-refractivity contribution in [3.63, 3.8) is 0 Å². The molecule has 1 heterocycles. The lowest BCUT2D eigenvalue weighted by Gasteiger charge is -2.27. The molecule has 0 bridgehead atoms. The fourth-order valence-electron chi connectivity index (χ4n) is 2.76. The third-order valence-corrected chi connectivity index (χ3v) is 4.04. The quantitative estimate of drug-likeness (QED) is 0.716. The Morgan fingerprint density at radius 2 is 1.79 bits per heavy atom. The van der Waals surface area contributed by atoms with Crippen molar-refractivity contribution in [2.45, 2.75) is 39.7 Å². The number of fused-ring (bicyclic) bond motifs is 1. The third kappa shape index (κ3) is 2.37. The van der Waals surface area contributed by atoms with Gasteiger partial charge in [0.2, 0.25) is 0 Å². The number of benzene rings is 2. The van der Waals surface area contributed by atoms with Gasteiger partial charge in [0.25, 0.3) is 0 Å². The van der Waals surface area contributed by atoms with Gasteiger partial charge in [-0.25, -0.2) is 0 Å². The van der Waals surface area contributed by atoms with Crippen molar-refractivity contribution in [1.82, 2.24) is 0 Å². The molecule has 1 atom stereocenters. The van der Waals surface area contributed by atoms with E-state index in [2.05, 4.69) is 57.2 Å². The van der Waals surface area contributed by atoms with Crippen molar-refractivity contribution in [2.24, 2.45) is 0 Å². The molecule has 0 radical (unpaired) electrons. The van der Waals surface area contributed by atoms with Crippen LogP contribution in [0.5, 0.6) is 5.75 Å². The summed E-state index contributed by atoms with van der Waals surface area (Å²) in [4.78, 5) is 0. The molecular formula is C18H20O. The molecule has 1 nitrogen and oxygen atoms in total. The van der Waals surface area contributed by atoms with Gasteiger partial charge in [0.15, 0.2) is 0 Å². The summed E-state index contributed by atoms with van der Waals surface area (Å²) in [5, 5.41) is 0. The molecule has 0 saturated heterocycles. The van der Waals surface area contributed by atoms with Gasteiger partial charge in [-0.15, -0.1) is 0 Å². The molecule has 0 saturated carbocycles. The maximum absolute atomic E-state index is 6.21. The van der Waals surface area contributed by atoms with E-state index in [0.717, 1.165) is 18.6 Å². The molecule has 0 aliphatic carbocycles. The lowest BCUT2D eigenvalue weighted by atomic mass is 9.94. The van der Waals surface area contributed by atoms with Gasteiger partial charge in [0.1, 0.15) is 11.9 Å². The van der Waals surface area contributed by atoms with Crippen LogP contribution in [-0.4, -0.2) is 0 Å². The summed E-state index contributed by atoms with van der Waals surface area (Å²) in [7, 11) is 0. The Labute approximate surface area is 115 Å². The Morgan fingerprint density at radius 3 is 2.58 bits per heavy atom.